The monoisotopic (exact) mass is 815 g/mol. The number of ether oxygens (including phenoxy) is 3. The van der Waals surface area contributed by atoms with E-state index in [1.807, 2.05) is 21.1 Å². The molecule has 0 fully saturated rings. The van der Waals surface area contributed by atoms with Gasteiger partial charge >= 0.3 is 17.9 Å². The number of allylic oxidation sites excluding steroid dienone is 10. The van der Waals surface area contributed by atoms with Crippen LogP contribution in [-0.2, 0) is 28.6 Å². The molecule has 0 aromatic heterocycles. The first-order valence-electron chi connectivity index (χ1n) is 23.3. The van der Waals surface area contributed by atoms with Gasteiger partial charge in [-0.05, 0) is 64.2 Å². The van der Waals surface area contributed by atoms with Crippen LogP contribution in [0, 0.1) is 0 Å². The SMILES string of the molecule is CCCCC/C=C/C/C=C/C/C=C/C/C=C/C/C=C/CCCCC(=O)OCC(COCCC(C(=O)O)[N+](C)(C)C)OC(=O)CCCCCCCCCCCCCCC. The highest BCUT2D eigenvalue weighted by molar-refractivity contribution is 5.72. The quantitative estimate of drug-likeness (QED) is 0.0284. The van der Waals surface area contributed by atoms with Gasteiger partial charge in [0.15, 0.2) is 12.1 Å². The summed E-state index contributed by atoms with van der Waals surface area (Å²) < 4.78 is 17.3. The van der Waals surface area contributed by atoms with Crippen LogP contribution in [0.15, 0.2) is 60.8 Å². The zero-order valence-electron chi connectivity index (χ0n) is 38.0. The van der Waals surface area contributed by atoms with Gasteiger partial charge in [-0.15, -0.1) is 0 Å². The van der Waals surface area contributed by atoms with Crippen LogP contribution >= 0.6 is 0 Å². The normalized spacial score (nSPS) is 13.5. The Labute approximate surface area is 356 Å². The second-order valence-electron chi connectivity index (χ2n) is 16.7. The number of esters is 2. The van der Waals surface area contributed by atoms with Crippen molar-refractivity contribution in [3.63, 3.8) is 0 Å². The molecular weight excluding hydrogens is 727 g/mol. The molecule has 0 aliphatic carbocycles. The van der Waals surface area contributed by atoms with Crippen molar-refractivity contribution in [3.05, 3.63) is 60.8 Å². The average Bonchev–Trinajstić information content (AvgIpc) is 3.18. The van der Waals surface area contributed by atoms with E-state index in [2.05, 4.69) is 74.6 Å². The molecule has 8 heteroatoms. The van der Waals surface area contributed by atoms with E-state index in [4.69, 9.17) is 14.2 Å². The molecule has 0 aromatic carbocycles. The van der Waals surface area contributed by atoms with Gasteiger partial charge in [0, 0.05) is 19.3 Å². The number of hydrogen-bond acceptors (Lipinski definition) is 6. The standard InChI is InChI=1S/C50H87NO7/c1-6-8-10-12-14-16-18-20-21-22-23-24-25-26-27-29-30-32-34-36-38-40-48(52)57-45-46(44-56-43-42-47(50(54)55)51(3,4)5)58-49(53)41-39-37-35-33-31-28-19-17-15-13-11-9-7-2/h14,16,20-21,23-24,26-27,30,32,46-47H,6-13,15,17-19,22,25,28-29,31,33-45H2,1-5H3/p+1/b16-14+,21-20+,24-23+,27-26+,32-30+. The van der Waals surface area contributed by atoms with Crippen molar-refractivity contribution in [3.8, 4) is 0 Å². The van der Waals surface area contributed by atoms with Crippen LogP contribution < -0.4 is 0 Å². The van der Waals surface area contributed by atoms with Crippen LogP contribution in [0.5, 0.6) is 0 Å². The Bertz CT molecular complexity index is 1130. The van der Waals surface area contributed by atoms with Crippen molar-refractivity contribution in [1.29, 1.82) is 0 Å². The zero-order chi connectivity index (χ0) is 42.8. The van der Waals surface area contributed by atoms with Gasteiger partial charge < -0.3 is 23.8 Å². The molecule has 0 aromatic rings. The van der Waals surface area contributed by atoms with Gasteiger partial charge in [0.2, 0.25) is 0 Å². The van der Waals surface area contributed by atoms with Crippen molar-refractivity contribution >= 4 is 17.9 Å². The summed E-state index contributed by atoms with van der Waals surface area (Å²) >= 11 is 0. The summed E-state index contributed by atoms with van der Waals surface area (Å²) in [6, 6.07) is -0.622. The summed E-state index contributed by atoms with van der Waals surface area (Å²) in [6.07, 6.45) is 49.8. The minimum atomic E-state index is -0.882. The molecule has 8 nitrogen and oxygen atoms in total. The largest absolute Gasteiger partial charge is 0.477 e. The number of carbonyl (C=O) groups excluding carboxylic acids is 2. The zero-order valence-corrected chi connectivity index (χ0v) is 38.0. The lowest BCUT2D eigenvalue weighted by molar-refractivity contribution is -0.887. The Morgan fingerprint density at radius 3 is 1.38 bits per heavy atom. The van der Waals surface area contributed by atoms with Crippen molar-refractivity contribution in [2.45, 2.75) is 199 Å². The Balaban J connectivity index is 4.38. The molecule has 2 atom stereocenters. The fourth-order valence-corrected chi connectivity index (χ4v) is 6.52. The first-order valence-corrected chi connectivity index (χ1v) is 23.3. The van der Waals surface area contributed by atoms with Crippen LogP contribution in [0.2, 0.25) is 0 Å². The van der Waals surface area contributed by atoms with Gasteiger partial charge in [-0.25, -0.2) is 4.79 Å². The Hall–Kier alpha value is -2.97. The highest BCUT2D eigenvalue weighted by atomic mass is 16.6. The maximum atomic E-state index is 12.7. The highest BCUT2D eigenvalue weighted by Gasteiger charge is 2.31. The molecule has 1 N–H and O–H groups in total. The summed E-state index contributed by atoms with van der Waals surface area (Å²) in [4.78, 5) is 37.0. The number of aliphatic carboxylic acids is 1. The van der Waals surface area contributed by atoms with E-state index in [0.29, 0.717) is 19.3 Å². The second kappa shape index (κ2) is 40.8. The number of nitrogens with zero attached hydrogens (tertiary/aromatic N) is 1. The average molecular weight is 815 g/mol. The minimum Gasteiger partial charge on any atom is -0.477 e. The molecule has 0 aliphatic rings. The summed E-state index contributed by atoms with van der Waals surface area (Å²) in [5.41, 5.74) is 0. The third-order valence-corrected chi connectivity index (χ3v) is 10.2. The van der Waals surface area contributed by atoms with Crippen molar-refractivity contribution in [2.75, 3.05) is 41.0 Å². The predicted molar refractivity (Wildman–Crippen MR) is 243 cm³/mol. The summed E-state index contributed by atoms with van der Waals surface area (Å²) in [5, 5.41) is 9.62. The first kappa shape index (κ1) is 55.0. The highest BCUT2D eigenvalue weighted by Crippen LogP contribution is 2.14. The number of unbranched alkanes of at least 4 members (excludes halogenated alkanes) is 17. The Morgan fingerprint density at radius 1 is 0.517 bits per heavy atom. The summed E-state index contributed by atoms with van der Waals surface area (Å²) in [5.74, 6) is -1.52. The molecule has 0 saturated carbocycles. The predicted octanol–water partition coefficient (Wildman–Crippen LogP) is 13.0. The number of likely N-dealkylation sites (N-methyl/N-ethyl adjacent to an activating group) is 1. The molecule has 0 heterocycles. The number of rotatable bonds is 41. The van der Waals surface area contributed by atoms with E-state index in [1.165, 1.54) is 89.9 Å². The van der Waals surface area contributed by atoms with Gasteiger partial charge in [-0.3, -0.25) is 9.59 Å². The lowest BCUT2D eigenvalue weighted by Gasteiger charge is -2.31. The molecule has 334 valence electrons. The van der Waals surface area contributed by atoms with Crippen LogP contribution in [0.3, 0.4) is 0 Å². The molecule has 0 aliphatic heterocycles. The van der Waals surface area contributed by atoms with Crippen LogP contribution in [0.1, 0.15) is 187 Å². The Kier molecular flexibility index (Phi) is 38.7. The van der Waals surface area contributed by atoms with Gasteiger partial charge in [-0.1, -0.05) is 164 Å². The number of quaternary nitrogens is 1. The molecule has 0 radical (unpaired) electrons. The number of carbonyl (C=O) groups is 3. The minimum absolute atomic E-state index is 0.0470. The molecule has 0 bridgehead atoms. The van der Waals surface area contributed by atoms with E-state index in [0.717, 1.165) is 64.2 Å². The van der Waals surface area contributed by atoms with E-state index in [-0.39, 0.29) is 36.2 Å². The van der Waals surface area contributed by atoms with E-state index in [9.17, 15) is 19.5 Å². The van der Waals surface area contributed by atoms with E-state index >= 15 is 0 Å². The molecule has 0 rings (SSSR count). The molecular formula is C50H88NO7+. The van der Waals surface area contributed by atoms with Crippen LogP contribution in [-0.4, -0.2) is 80.6 Å². The first-order chi connectivity index (χ1) is 28.1. The fourth-order valence-electron chi connectivity index (χ4n) is 6.52. The maximum Gasteiger partial charge on any atom is 0.362 e. The van der Waals surface area contributed by atoms with Gasteiger partial charge in [0.05, 0.1) is 34.4 Å². The van der Waals surface area contributed by atoms with Crippen LogP contribution in [0.4, 0.5) is 0 Å². The molecule has 0 saturated heterocycles. The van der Waals surface area contributed by atoms with Crippen molar-refractivity contribution < 1.29 is 38.2 Å². The second-order valence-corrected chi connectivity index (χ2v) is 16.7. The molecule has 0 amide bonds. The third-order valence-electron chi connectivity index (χ3n) is 10.2. The van der Waals surface area contributed by atoms with Gasteiger partial charge in [0.1, 0.15) is 6.61 Å². The molecule has 58 heavy (non-hydrogen) atoms. The number of hydrogen-bond donors (Lipinski definition) is 1. The van der Waals surface area contributed by atoms with E-state index < -0.39 is 18.1 Å². The molecule has 2 unspecified atom stereocenters. The van der Waals surface area contributed by atoms with Crippen molar-refractivity contribution in [1.82, 2.24) is 0 Å². The van der Waals surface area contributed by atoms with Gasteiger partial charge in [-0.2, -0.15) is 0 Å². The van der Waals surface area contributed by atoms with E-state index in [1.54, 1.807) is 0 Å². The number of carboxylic acids is 1. The smallest absolute Gasteiger partial charge is 0.362 e. The summed E-state index contributed by atoms with van der Waals surface area (Å²) in [7, 11) is 5.51. The van der Waals surface area contributed by atoms with Gasteiger partial charge in [0.25, 0.3) is 0 Å². The third kappa shape index (κ3) is 38.5. The fraction of sp³-hybridized carbons (Fsp3) is 0.740. The van der Waals surface area contributed by atoms with Crippen molar-refractivity contribution in [2.24, 2.45) is 0 Å². The Morgan fingerprint density at radius 2 is 0.914 bits per heavy atom. The maximum absolute atomic E-state index is 12.7. The molecule has 0 spiro atoms. The lowest BCUT2D eigenvalue weighted by atomic mass is 10.0. The van der Waals surface area contributed by atoms with Crippen LogP contribution in [0.25, 0.3) is 0 Å². The number of carboxylic acid groups (broad SMARTS) is 1. The summed E-state index contributed by atoms with van der Waals surface area (Å²) in [6.45, 7) is 4.66. The topological polar surface area (TPSA) is 99.1 Å². The lowest BCUT2D eigenvalue weighted by Crippen LogP contribution is -2.50.